The lowest BCUT2D eigenvalue weighted by Crippen LogP contribution is -2.25. The van der Waals surface area contributed by atoms with Gasteiger partial charge in [-0.15, -0.1) is 0 Å². The zero-order valence-electron chi connectivity index (χ0n) is 15.4. The number of ketones is 1. The Morgan fingerprint density at radius 3 is 2.45 bits per heavy atom. The molecule has 1 N–H and O–H groups in total. The molecule has 3 aromatic carbocycles. The van der Waals surface area contributed by atoms with Crippen molar-refractivity contribution < 1.29 is 22.4 Å². The van der Waals surface area contributed by atoms with Gasteiger partial charge in [0.15, 0.2) is 5.78 Å². The molecule has 0 radical (unpaired) electrons. The number of sulfone groups is 1. The first-order valence-corrected chi connectivity index (χ1v) is 10.3. The minimum Gasteiger partial charge on any atom is -0.348 e. The summed E-state index contributed by atoms with van der Waals surface area (Å²) < 4.78 is 39.5. The van der Waals surface area contributed by atoms with Gasteiger partial charge in [-0.25, -0.2) is 12.8 Å². The number of carbonyl (C=O) groups excluding carboxylic acids is 2. The first kappa shape index (κ1) is 19.0. The molecule has 0 saturated heterocycles. The van der Waals surface area contributed by atoms with Gasteiger partial charge >= 0.3 is 0 Å². The maximum Gasteiger partial charge on any atom is 0.251 e. The number of nitrogens with one attached hydrogen (secondary N) is 1. The monoisotopic (exact) mass is 409 g/mol. The number of hydrogen-bond donors (Lipinski definition) is 1. The molecule has 0 saturated carbocycles. The minimum atomic E-state index is -3.92. The second-order valence-electron chi connectivity index (χ2n) is 6.81. The summed E-state index contributed by atoms with van der Waals surface area (Å²) in [5.74, 6) is -1.28. The van der Waals surface area contributed by atoms with Gasteiger partial charge in [-0.05, 0) is 54.4 Å². The summed E-state index contributed by atoms with van der Waals surface area (Å²) in [5, 5.41) is 2.64. The highest BCUT2D eigenvalue weighted by Gasteiger charge is 2.34. The second kappa shape index (κ2) is 6.93. The summed E-state index contributed by atoms with van der Waals surface area (Å²) in [6, 6.07) is 14.6. The highest BCUT2D eigenvalue weighted by molar-refractivity contribution is 7.91. The van der Waals surface area contributed by atoms with Crippen molar-refractivity contribution >= 4 is 21.5 Å². The fourth-order valence-electron chi connectivity index (χ4n) is 3.26. The van der Waals surface area contributed by atoms with Gasteiger partial charge in [-0.2, -0.15) is 0 Å². The molecule has 0 spiro atoms. The predicted octanol–water partition coefficient (Wildman–Crippen LogP) is 3.44. The van der Waals surface area contributed by atoms with E-state index in [1.165, 1.54) is 36.4 Å². The standard InChI is InChI=1S/C22H16FNO4S/c1-13-6-7-14(10-18(13)23)12-24-22(26)15-8-9-17-20(11-15)29(27,28)19-5-3-2-4-16(19)21(17)25/h2-11H,12H2,1H3,(H,24,26). The van der Waals surface area contributed by atoms with E-state index in [0.29, 0.717) is 11.1 Å². The first-order chi connectivity index (χ1) is 13.8. The summed E-state index contributed by atoms with van der Waals surface area (Å²) in [6.45, 7) is 1.73. The van der Waals surface area contributed by atoms with E-state index in [2.05, 4.69) is 5.32 Å². The molecule has 5 nitrogen and oxygen atoms in total. The number of hydrogen-bond acceptors (Lipinski definition) is 4. The van der Waals surface area contributed by atoms with Crippen LogP contribution in [-0.4, -0.2) is 20.1 Å². The van der Waals surface area contributed by atoms with Crippen molar-refractivity contribution in [1.82, 2.24) is 5.32 Å². The molecular weight excluding hydrogens is 393 g/mol. The molecular formula is C22H16FNO4S. The molecule has 146 valence electrons. The first-order valence-electron chi connectivity index (χ1n) is 8.85. The summed E-state index contributed by atoms with van der Waals surface area (Å²) in [7, 11) is -3.92. The summed E-state index contributed by atoms with van der Waals surface area (Å²) >= 11 is 0. The topological polar surface area (TPSA) is 80.3 Å². The molecule has 1 aliphatic heterocycles. The van der Waals surface area contributed by atoms with Gasteiger partial charge in [0.1, 0.15) is 5.82 Å². The van der Waals surface area contributed by atoms with Crippen LogP contribution in [0, 0.1) is 12.7 Å². The van der Waals surface area contributed by atoms with Crippen LogP contribution in [0.4, 0.5) is 4.39 Å². The van der Waals surface area contributed by atoms with Crippen LogP contribution in [0.5, 0.6) is 0 Å². The SMILES string of the molecule is Cc1ccc(CNC(=O)c2ccc3c(c2)S(=O)(=O)c2ccccc2C3=O)cc1F. The maximum atomic E-state index is 13.6. The van der Waals surface area contributed by atoms with Gasteiger partial charge in [-0.1, -0.05) is 24.3 Å². The number of carbonyl (C=O) groups is 2. The van der Waals surface area contributed by atoms with E-state index in [-0.39, 0.29) is 38.8 Å². The Labute approximate surface area is 167 Å². The van der Waals surface area contributed by atoms with Crippen molar-refractivity contribution in [3.05, 3.63) is 94.3 Å². The lowest BCUT2D eigenvalue weighted by Gasteiger charge is -2.19. The smallest absolute Gasteiger partial charge is 0.251 e. The van der Waals surface area contributed by atoms with Gasteiger partial charge in [0.2, 0.25) is 9.84 Å². The molecule has 0 aromatic heterocycles. The number of rotatable bonds is 3. The number of amides is 1. The molecule has 0 atom stereocenters. The number of aryl methyl sites for hydroxylation is 1. The molecule has 1 aliphatic rings. The van der Waals surface area contributed by atoms with E-state index in [4.69, 9.17) is 0 Å². The molecule has 7 heteroatoms. The Morgan fingerprint density at radius 2 is 1.69 bits per heavy atom. The molecule has 29 heavy (non-hydrogen) atoms. The van der Waals surface area contributed by atoms with Crippen molar-refractivity contribution in [3.8, 4) is 0 Å². The van der Waals surface area contributed by atoms with Gasteiger partial charge in [-0.3, -0.25) is 9.59 Å². The Morgan fingerprint density at radius 1 is 0.966 bits per heavy atom. The van der Waals surface area contributed by atoms with Crippen molar-refractivity contribution in [2.45, 2.75) is 23.3 Å². The number of benzene rings is 3. The largest absolute Gasteiger partial charge is 0.348 e. The molecule has 0 bridgehead atoms. The second-order valence-corrected chi connectivity index (χ2v) is 8.69. The highest BCUT2D eigenvalue weighted by Crippen LogP contribution is 2.34. The van der Waals surface area contributed by atoms with E-state index in [0.717, 1.165) is 0 Å². The fraction of sp³-hybridized carbons (Fsp3) is 0.0909. The van der Waals surface area contributed by atoms with Crippen LogP contribution in [0.15, 0.2) is 70.5 Å². The molecule has 3 aromatic rings. The third kappa shape index (κ3) is 3.23. The average Bonchev–Trinajstić information content (AvgIpc) is 2.72. The zero-order valence-corrected chi connectivity index (χ0v) is 16.2. The Balaban J connectivity index is 1.64. The zero-order chi connectivity index (χ0) is 20.8. The van der Waals surface area contributed by atoms with Crippen LogP contribution in [0.1, 0.15) is 37.4 Å². The number of fused-ring (bicyclic) bond motifs is 2. The van der Waals surface area contributed by atoms with E-state index in [1.807, 2.05) is 0 Å². The lowest BCUT2D eigenvalue weighted by atomic mass is 10.0. The lowest BCUT2D eigenvalue weighted by molar-refractivity contribution is 0.0948. The van der Waals surface area contributed by atoms with Crippen LogP contribution in [0.3, 0.4) is 0 Å². The van der Waals surface area contributed by atoms with Gasteiger partial charge < -0.3 is 5.32 Å². The van der Waals surface area contributed by atoms with Crippen molar-refractivity contribution in [3.63, 3.8) is 0 Å². The quantitative estimate of drug-likeness (QED) is 0.562. The molecule has 0 unspecified atom stereocenters. The highest BCUT2D eigenvalue weighted by atomic mass is 32.2. The minimum absolute atomic E-state index is 0.0425. The summed E-state index contributed by atoms with van der Waals surface area (Å²) in [4.78, 5) is 24.9. The van der Waals surface area contributed by atoms with Crippen LogP contribution in [0.25, 0.3) is 0 Å². The van der Waals surface area contributed by atoms with Crippen LogP contribution in [0.2, 0.25) is 0 Å². The normalized spacial score (nSPS) is 14.1. The molecule has 0 fully saturated rings. The van der Waals surface area contributed by atoms with Gasteiger partial charge in [0, 0.05) is 23.2 Å². The third-order valence-corrected chi connectivity index (χ3v) is 6.74. The van der Waals surface area contributed by atoms with E-state index in [9.17, 15) is 22.4 Å². The molecule has 4 rings (SSSR count). The van der Waals surface area contributed by atoms with Crippen LogP contribution < -0.4 is 5.32 Å². The fourth-order valence-corrected chi connectivity index (χ4v) is 4.93. The van der Waals surface area contributed by atoms with Crippen molar-refractivity contribution in [2.24, 2.45) is 0 Å². The van der Waals surface area contributed by atoms with Crippen LogP contribution >= 0.6 is 0 Å². The Hall–Kier alpha value is -3.32. The number of halogens is 1. The maximum absolute atomic E-state index is 13.6. The summed E-state index contributed by atoms with van der Waals surface area (Å²) in [5.41, 5.74) is 1.35. The average molecular weight is 409 g/mol. The van der Waals surface area contributed by atoms with Gasteiger partial charge in [0.05, 0.1) is 9.79 Å². The van der Waals surface area contributed by atoms with Gasteiger partial charge in [0.25, 0.3) is 5.91 Å². The summed E-state index contributed by atoms with van der Waals surface area (Å²) in [6.07, 6.45) is 0. The third-order valence-electron chi connectivity index (χ3n) is 4.89. The van der Waals surface area contributed by atoms with Crippen LogP contribution in [-0.2, 0) is 16.4 Å². The van der Waals surface area contributed by atoms with E-state index >= 15 is 0 Å². The van der Waals surface area contributed by atoms with E-state index in [1.54, 1.807) is 31.2 Å². The molecule has 0 aliphatic carbocycles. The predicted molar refractivity (Wildman–Crippen MR) is 104 cm³/mol. The molecule has 1 heterocycles. The Kier molecular flexibility index (Phi) is 4.55. The Bertz CT molecular complexity index is 1280. The van der Waals surface area contributed by atoms with Crippen molar-refractivity contribution in [1.29, 1.82) is 0 Å². The van der Waals surface area contributed by atoms with E-state index < -0.39 is 21.5 Å². The molecule has 1 amide bonds. The van der Waals surface area contributed by atoms with Crippen molar-refractivity contribution in [2.75, 3.05) is 0 Å².